The van der Waals surface area contributed by atoms with Crippen molar-refractivity contribution in [1.29, 1.82) is 0 Å². The van der Waals surface area contributed by atoms with Gasteiger partial charge >= 0.3 is 0 Å². The lowest BCUT2D eigenvalue weighted by Gasteiger charge is -2.28. The molecule has 0 aromatic rings. The van der Waals surface area contributed by atoms with Gasteiger partial charge in [0.2, 0.25) is 5.91 Å². The van der Waals surface area contributed by atoms with Crippen LogP contribution in [0.15, 0.2) is 0 Å². The molecule has 0 spiro atoms. The van der Waals surface area contributed by atoms with E-state index in [-0.39, 0.29) is 36.9 Å². The minimum atomic E-state index is -0.103. The van der Waals surface area contributed by atoms with Gasteiger partial charge in [-0.2, -0.15) is 0 Å². The average Bonchev–Trinajstić information content (AvgIpc) is 2.64. The number of amides is 1. The molecule has 1 aliphatic carbocycles. The van der Waals surface area contributed by atoms with Crippen LogP contribution in [0.4, 0.5) is 0 Å². The number of carbonyl (C=O) groups excluding carboxylic acids is 1. The Bertz CT molecular complexity index is 194. The minimum Gasteiger partial charge on any atom is -0.396 e. The summed E-state index contributed by atoms with van der Waals surface area (Å²) in [4.78, 5) is 11.0. The smallest absolute Gasteiger partial charge is 0.233 e. The molecule has 0 atom stereocenters. The second kappa shape index (κ2) is 7.04. The highest BCUT2D eigenvalue weighted by Crippen LogP contribution is 2.40. The average molecular weight is 237 g/mol. The van der Waals surface area contributed by atoms with Gasteiger partial charge in [0.15, 0.2) is 0 Å². The number of hydrogen-bond donors (Lipinski definition) is 3. The maximum absolute atomic E-state index is 11.0. The SMILES string of the molecule is Cl.NCC(=O)NCC1(CCO)CCCC1. The van der Waals surface area contributed by atoms with Gasteiger partial charge in [-0.25, -0.2) is 0 Å². The van der Waals surface area contributed by atoms with Crippen molar-refractivity contribution in [3.8, 4) is 0 Å². The van der Waals surface area contributed by atoms with E-state index in [1.807, 2.05) is 0 Å². The van der Waals surface area contributed by atoms with Crippen molar-refractivity contribution < 1.29 is 9.90 Å². The number of nitrogens with two attached hydrogens (primary N) is 1. The molecule has 0 unspecified atom stereocenters. The molecular weight excluding hydrogens is 216 g/mol. The van der Waals surface area contributed by atoms with E-state index in [2.05, 4.69) is 5.32 Å². The fourth-order valence-electron chi connectivity index (χ4n) is 2.24. The third-order valence-electron chi connectivity index (χ3n) is 3.15. The van der Waals surface area contributed by atoms with Crippen LogP contribution < -0.4 is 11.1 Å². The molecule has 1 aliphatic rings. The fourth-order valence-corrected chi connectivity index (χ4v) is 2.24. The van der Waals surface area contributed by atoms with Gasteiger partial charge in [0, 0.05) is 13.2 Å². The van der Waals surface area contributed by atoms with Gasteiger partial charge in [0.05, 0.1) is 6.54 Å². The van der Waals surface area contributed by atoms with Crippen molar-refractivity contribution in [2.75, 3.05) is 19.7 Å². The molecule has 90 valence electrons. The lowest BCUT2D eigenvalue weighted by Crippen LogP contribution is -2.39. The normalized spacial score (nSPS) is 18.3. The summed E-state index contributed by atoms with van der Waals surface area (Å²) in [5, 5.41) is 11.8. The quantitative estimate of drug-likeness (QED) is 0.648. The molecule has 4 nitrogen and oxygen atoms in total. The molecule has 1 rings (SSSR count). The van der Waals surface area contributed by atoms with E-state index in [1.54, 1.807) is 0 Å². The molecule has 0 bridgehead atoms. The zero-order valence-corrected chi connectivity index (χ0v) is 9.81. The zero-order valence-electron chi connectivity index (χ0n) is 9.00. The number of halogens is 1. The Labute approximate surface area is 97.0 Å². The molecule has 1 amide bonds. The van der Waals surface area contributed by atoms with Crippen LogP contribution in [-0.4, -0.2) is 30.7 Å². The molecule has 0 aromatic carbocycles. The Hall–Kier alpha value is -0.320. The van der Waals surface area contributed by atoms with Crippen LogP contribution in [0.5, 0.6) is 0 Å². The highest BCUT2D eigenvalue weighted by atomic mass is 35.5. The van der Waals surface area contributed by atoms with Gasteiger partial charge in [0.1, 0.15) is 0 Å². The first-order valence-electron chi connectivity index (χ1n) is 5.30. The van der Waals surface area contributed by atoms with E-state index in [0.29, 0.717) is 6.54 Å². The van der Waals surface area contributed by atoms with Crippen molar-refractivity contribution in [3.05, 3.63) is 0 Å². The Morgan fingerprint density at radius 1 is 1.40 bits per heavy atom. The number of rotatable bonds is 5. The molecule has 1 saturated carbocycles. The van der Waals surface area contributed by atoms with Crippen LogP contribution in [0.1, 0.15) is 32.1 Å². The van der Waals surface area contributed by atoms with Crippen molar-refractivity contribution in [3.63, 3.8) is 0 Å². The summed E-state index contributed by atoms with van der Waals surface area (Å²) >= 11 is 0. The van der Waals surface area contributed by atoms with E-state index < -0.39 is 0 Å². The van der Waals surface area contributed by atoms with Gasteiger partial charge in [-0.15, -0.1) is 12.4 Å². The third kappa shape index (κ3) is 4.36. The van der Waals surface area contributed by atoms with E-state index in [9.17, 15) is 4.79 Å². The van der Waals surface area contributed by atoms with Gasteiger partial charge in [-0.3, -0.25) is 4.79 Å². The van der Waals surface area contributed by atoms with Crippen LogP contribution in [0.3, 0.4) is 0 Å². The molecule has 0 aromatic heterocycles. The van der Waals surface area contributed by atoms with E-state index >= 15 is 0 Å². The first-order valence-corrected chi connectivity index (χ1v) is 5.30. The van der Waals surface area contributed by atoms with E-state index in [0.717, 1.165) is 19.3 Å². The molecular formula is C10H21ClN2O2. The summed E-state index contributed by atoms with van der Waals surface area (Å²) in [5.41, 5.74) is 5.35. The standard InChI is InChI=1S/C10H20N2O2.ClH/c11-7-9(14)12-8-10(5-6-13)3-1-2-4-10;/h13H,1-8,11H2,(H,12,14);1H. The highest BCUT2D eigenvalue weighted by molar-refractivity contribution is 5.85. The number of carbonyl (C=O) groups is 1. The number of aliphatic hydroxyl groups excluding tert-OH is 1. The lowest BCUT2D eigenvalue weighted by molar-refractivity contribution is -0.120. The van der Waals surface area contributed by atoms with E-state index in [1.165, 1.54) is 12.8 Å². The van der Waals surface area contributed by atoms with E-state index in [4.69, 9.17) is 10.8 Å². The monoisotopic (exact) mass is 236 g/mol. The van der Waals surface area contributed by atoms with Crippen LogP contribution in [0.2, 0.25) is 0 Å². The first kappa shape index (κ1) is 14.7. The summed E-state index contributed by atoms with van der Waals surface area (Å²) < 4.78 is 0. The van der Waals surface area contributed by atoms with Crippen LogP contribution >= 0.6 is 12.4 Å². The Balaban J connectivity index is 0.00000196. The molecule has 0 saturated heterocycles. The Morgan fingerprint density at radius 2 is 2.00 bits per heavy atom. The Morgan fingerprint density at radius 3 is 2.47 bits per heavy atom. The van der Waals surface area contributed by atoms with Crippen molar-refractivity contribution >= 4 is 18.3 Å². The van der Waals surface area contributed by atoms with Gasteiger partial charge < -0.3 is 16.2 Å². The molecule has 0 heterocycles. The molecule has 5 heteroatoms. The van der Waals surface area contributed by atoms with Gasteiger partial charge in [-0.05, 0) is 24.7 Å². The van der Waals surface area contributed by atoms with Crippen LogP contribution in [-0.2, 0) is 4.79 Å². The van der Waals surface area contributed by atoms with Gasteiger partial charge in [0.25, 0.3) is 0 Å². The topological polar surface area (TPSA) is 75.4 Å². The maximum atomic E-state index is 11.0. The highest BCUT2D eigenvalue weighted by Gasteiger charge is 2.33. The summed E-state index contributed by atoms with van der Waals surface area (Å²) in [6.07, 6.45) is 5.42. The Kier molecular flexibility index (Phi) is 6.89. The largest absolute Gasteiger partial charge is 0.396 e. The van der Waals surface area contributed by atoms with Crippen LogP contribution in [0, 0.1) is 5.41 Å². The van der Waals surface area contributed by atoms with Crippen molar-refractivity contribution in [2.45, 2.75) is 32.1 Å². The molecule has 4 N–H and O–H groups in total. The predicted molar refractivity (Wildman–Crippen MR) is 61.9 cm³/mol. The molecule has 1 fully saturated rings. The summed E-state index contributed by atoms with van der Waals surface area (Å²) in [5.74, 6) is -0.103. The lowest BCUT2D eigenvalue weighted by atomic mass is 9.83. The first-order chi connectivity index (χ1) is 6.72. The maximum Gasteiger partial charge on any atom is 0.233 e. The number of aliphatic hydroxyl groups is 1. The second-order valence-corrected chi connectivity index (χ2v) is 4.16. The minimum absolute atomic E-state index is 0. The summed E-state index contributed by atoms with van der Waals surface area (Å²) in [6.45, 7) is 0.928. The van der Waals surface area contributed by atoms with Gasteiger partial charge in [-0.1, -0.05) is 12.8 Å². The number of nitrogens with one attached hydrogen (secondary N) is 1. The predicted octanol–water partition coefficient (Wildman–Crippen LogP) is 0.426. The molecule has 0 aliphatic heterocycles. The van der Waals surface area contributed by atoms with Crippen LogP contribution in [0.25, 0.3) is 0 Å². The number of hydrogen-bond acceptors (Lipinski definition) is 3. The molecule has 0 radical (unpaired) electrons. The summed E-state index contributed by atoms with van der Waals surface area (Å²) in [6, 6.07) is 0. The molecule has 15 heavy (non-hydrogen) atoms. The third-order valence-corrected chi connectivity index (χ3v) is 3.15. The van der Waals surface area contributed by atoms with Crippen molar-refractivity contribution in [2.24, 2.45) is 11.1 Å². The fraction of sp³-hybridized carbons (Fsp3) is 0.900. The zero-order chi connectivity index (χ0) is 10.4. The summed E-state index contributed by atoms with van der Waals surface area (Å²) in [7, 11) is 0. The second-order valence-electron chi connectivity index (χ2n) is 4.16. The van der Waals surface area contributed by atoms with Crippen molar-refractivity contribution in [1.82, 2.24) is 5.32 Å².